The summed E-state index contributed by atoms with van der Waals surface area (Å²) < 4.78 is 5.44. The fourth-order valence-corrected chi connectivity index (χ4v) is 3.38. The number of fused-ring (bicyclic) bond motifs is 1. The van der Waals surface area contributed by atoms with E-state index in [0.717, 1.165) is 28.0 Å². The zero-order valence-corrected chi connectivity index (χ0v) is 15.8. The number of rotatable bonds is 5. The number of allylic oxidation sites excluding steroid dienone is 1. The Kier molecular flexibility index (Phi) is 4.81. The summed E-state index contributed by atoms with van der Waals surface area (Å²) in [5.74, 6) is 0. The van der Waals surface area contributed by atoms with E-state index >= 15 is 0 Å². The van der Waals surface area contributed by atoms with Crippen LogP contribution in [0.4, 0.5) is 11.4 Å². The van der Waals surface area contributed by atoms with Gasteiger partial charge < -0.3 is 9.32 Å². The molecule has 0 bridgehead atoms. The summed E-state index contributed by atoms with van der Waals surface area (Å²) >= 11 is 0. The molecule has 0 N–H and O–H groups in total. The molecule has 0 saturated heterocycles. The summed E-state index contributed by atoms with van der Waals surface area (Å²) in [7, 11) is 0. The zero-order chi connectivity index (χ0) is 19.5. The normalized spacial score (nSPS) is 10.8. The van der Waals surface area contributed by atoms with Crippen LogP contribution in [0.25, 0.3) is 11.0 Å². The van der Waals surface area contributed by atoms with E-state index in [4.69, 9.17) is 4.42 Å². The van der Waals surface area contributed by atoms with Crippen LogP contribution in [0.15, 0.2) is 106 Å². The fraction of sp³-hybridized carbons (Fsp3) is 0.0800. The summed E-state index contributed by atoms with van der Waals surface area (Å²) in [6.07, 6.45) is 0.534. The maximum absolute atomic E-state index is 12.3. The number of para-hydroxylation sites is 2. The van der Waals surface area contributed by atoms with Gasteiger partial charge in [0.25, 0.3) is 0 Å². The first kappa shape index (κ1) is 17.8. The van der Waals surface area contributed by atoms with Gasteiger partial charge in [-0.1, -0.05) is 55.1 Å². The van der Waals surface area contributed by atoms with E-state index in [1.807, 2.05) is 67.6 Å². The van der Waals surface area contributed by atoms with Crippen LogP contribution < -0.4 is 10.5 Å². The maximum Gasteiger partial charge on any atom is 0.339 e. The molecule has 1 aromatic heterocycles. The van der Waals surface area contributed by atoms with E-state index in [1.165, 1.54) is 0 Å². The van der Waals surface area contributed by atoms with Gasteiger partial charge in [-0.2, -0.15) is 0 Å². The van der Waals surface area contributed by atoms with Crippen LogP contribution >= 0.6 is 0 Å². The van der Waals surface area contributed by atoms with E-state index < -0.39 is 0 Å². The summed E-state index contributed by atoms with van der Waals surface area (Å²) in [6, 6.07) is 27.8. The lowest BCUT2D eigenvalue weighted by molar-refractivity contribution is 0.552. The Balaban J connectivity index is 1.62. The molecular formula is C25H21NO2. The van der Waals surface area contributed by atoms with Gasteiger partial charge >= 0.3 is 5.63 Å². The van der Waals surface area contributed by atoms with Gasteiger partial charge in [0, 0.05) is 34.4 Å². The van der Waals surface area contributed by atoms with E-state index in [1.54, 1.807) is 0 Å². The van der Waals surface area contributed by atoms with Crippen molar-refractivity contribution in [3.05, 3.63) is 119 Å². The second-order valence-electron chi connectivity index (χ2n) is 6.85. The highest BCUT2D eigenvalue weighted by Crippen LogP contribution is 2.29. The average Bonchev–Trinajstić information content (AvgIpc) is 2.70. The van der Waals surface area contributed by atoms with E-state index in [2.05, 4.69) is 35.7 Å². The summed E-state index contributed by atoms with van der Waals surface area (Å²) in [5.41, 5.74) is 5.09. The molecular weight excluding hydrogens is 346 g/mol. The van der Waals surface area contributed by atoms with Gasteiger partial charge in [-0.15, -0.1) is 0 Å². The third-order valence-corrected chi connectivity index (χ3v) is 4.70. The number of anilines is 2. The molecule has 0 fully saturated rings. The molecule has 0 amide bonds. The van der Waals surface area contributed by atoms with E-state index in [0.29, 0.717) is 17.6 Å². The Morgan fingerprint density at radius 2 is 1.54 bits per heavy atom. The first-order valence-electron chi connectivity index (χ1n) is 9.23. The van der Waals surface area contributed by atoms with Crippen molar-refractivity contribution in [2.75, 3.05) is 4.90 Å². The molecule has 138 valence electrons. The highest BCUT2D eigenvalue weighted by molar-refractivity contribution is 5.76. The van der Waals surface area contributed by atoms with Crippen LogP contribution in [-0.2, 0) is 6.42 Å². The van der Waals surface area contributed by atoms with Crippen molar-refractivity contribution in [2.24, 2.45) is 0 Å². The van der Waals surface area contributed by atoms with Gasteiger partial charge in [0.2, 0.25) is 0 Å². The van der Waals surface area contributed by atoms with Crippen LogP contribution in [0.5, 0.6) is 0 Å². The number of benzene rings is 3. The average molecular weight is 367 g/mol. The Labute approximate surface area is 164 Å². The smallest absolute Gasteiger partial charge is 0.339 e. The minimum Gasteiger partial charge on any atom is -0.423 e. The Morgan fingerprint density at radius 3 is 2.25 bits per heavy atom. The molecule has 28 heavy (non-hydrogen) atoms. The van der Waals surface area contributed by atoms with Crippen LogP contribution in [0.3, 0.4) is 0 Å². The standard InChI is InChI=1S/C25H21NO2/c1-18(2)26(22-9-4-3-5-10-22)23-14-12-19(13-15-23)16-21-17-20-8-6-7-11-24(20)28-25(21)27/h3-15,17H,1,16H2,2H3. The lowest BCUT2D eigenvalue weighted by atomic mass is 10.0. The van der Waals surface area contributed by atoms with Crippen molar-refractivity contribution in [2.45, 2.75) is 13.3 Å². The van der Waals surface area contributed by atoms with Gasteiger partial charge in [0.1, 0.15) is 5.58 Å². The predicted octanol–water partition coefficient (Wildman–Crippen LogP) is 6.06. The lowest BCUT2D eigenvalue weighted by Gasteiger charge is -2.25. The number of hydrogen-bond acceptors (Lipinski definition) is 3. The van der Waals surface area contributed by atoms with Crippen molar-refractivity contribution in [3.63, 3.8) is 0 Å². The van der Waals surface area contributed by atoms with Crippen molar-refractivity contribution >= 4 is 22.3 Å². The molecule has 0 atom stereocenters. The summed E-state index contributed by atoms with van der Waals surface area (Å²) in [6.45, 7) is 6.10. The predicted molar refractivity (Wildman–Crippen MR) is 115 cm³/mol. The number of hydrogen-bond donors (Lipinski definition) is 0. The molecule has 3 nitrogen and oxygen atoms in total. The molecule has 1 heterocycles. The van der Waals surface area contributed by atoms with Crippen molar-refractivity contribution in [1.82, 2.24) is 0 Å². The minimum absolute atomic E-state index is 0.282. The summed E-state index contributed by atoms with van der Waals surface area (Å²) in [4.78, 5) is 14.4. The molecule has 0 aliphatic heterocycles. The first-order chi connectivity index (χ1) is 13.6. The van der Waals surface area contributed by atoms with Gasteiger partial charge in [0.05, 0.1) is 0 Å². The van der Waals surface area contributed by atoms with E-state index in [9.17, 15) is 4.79 Å². The monoisotopic (exact) mass is 367 g/mol. The number of nitrogens with zero attached hydrogens (tertiary/aromatic N) is 1. The largest absolute Gasteiger partial charge is 0.423 e. The Bertz CT molecular complexity index is 1170. The third-order valence-electron chi connectivity index (χ3n) is 4.70. The molecule has 4 aromatic rings. The van der Waals surface area contributed by atoms with Gasteiger partial charge in [0.15, 0.2) is 0 Å². The van der Waals surface area contributed by atoms with Crippen molar-refractivity contribution < 1.29 is 4.42 Å². The molecule has 0 radical (unpaired) electrons. The molecule has 3 heteroatoms. The quantitative estimate of drug-likeness (QED) is 0.402. The van der Waals surface area contributed by atoms with Crippen molar-refractivity contribution in [1.29, 1.82) is 0 Å². The summed E-state index contributed by atoms with van der Waals surface area (Å²) in [5, 5.41) is 0.936. The Hall–Kier alpha value is -3.59. The van der Waals surface area contributed by atoms with Gasteiger partial charge in [-0.05, 0) is 48.9 Å². The van der Waals surface area contributed by atoms with E-state index in [-0.39, 0.29) is 5.63 Å². The van der Waals surface area contributed by atoms with Crippen LogP contribution in [0, 0.1) is 0 Å². The molecule has 3 aromatic carbocycles. The SMILES string of the molecule is C=C(C)N(c1ccccc1)c1ccc(Cc2cc3ccccc3oc2=O)cc1. The second kappa shape index (κ2) is 7.57. The van der Waals surface area contributed by atoms with Gasteiger partial charge in [-0.25, -0.2) is 4.79 Å². The highest BCUT2D eigenvalue weighted by Gasteiger charge is 2.11. The Morgan fingerprint density at radius 1 is 0.893 bits per heavy atom. The first-order valence-corrected chi connectivity index (χ1v) is 9.23. The molecule has 4 rings (SSSR count). The van der Waals surface area contributed by atoms with Crippen molar-refractivity contribution in [3.8, 4) is 0 Å². The highest BCUT2D eigenvalue weighted by atomic mass is 16.4. The second-order valence-corrected chi connectivity index (χ2v) is 6.85. The van der Waals surface area contributed by atoms with Gasteiger partial charge in [-0.3, -0.25) is 0 Å². The molecule has 0 unspecified atom stereocenters. The molecule has 0 aliphatic rings. The fourth-order valence-electron chi connectivity index (χ4n) is 3.38. The van der Waals surface area contributed by atoms with Crippen LogP contribution in [0.2, 0.25) is 0 Å². The van der Waals surface area contributed by atoms with Crippen LogP contribution in [-0.4, -0.2) is 0 Å². The zero-order valence-electron chi connectivity index (χ0n) is 15.8. The molecule has 0 saturated carbocycles. The van der Waals surface area contributed by atoms with Crippen LogP contribution in [0.1, 0.15) is 18.1 Å². The minimum atomic E-state index is -0.282. The lowest BCUT2D eigenvalue weighted by Crippen LogP contribution is -2.13. The molecule has 0 aliphatic carbocycles. The topological polar surface area (TPSA) is 33.5 Å². The molecule has 0 spiro atoms. The third kappa shape index (κ3) is 3.60. The maximum atomic E-state index is 12.3.